The summed E-state index contributed by atoms with van der Waals surface area (Å²) in [7, 11) is 0. The van der Waals surface area contributed by atoms with E-state index in [-0.39, 0.29) is 0 Å². The van der Waals surface area contributed by atoms with Crippen LogP contribution in [0.4, 0.5) is 0 Å². The summed E-state index contributed by atoms with van der Waals surface area (Å²) in [5.41, 5.74) is 3.99. The highest BCUT2D eigenvalue weighted by molar-refractivity contribution is 7.71. The minimum absolute atomic E-state index is 0.808. The fraction of sp³-hybridized carbons (Fsp3) is 0.350. The molecule has 26 heavy (non-hydrogen) atoms. The number of pyridine rings is 1. The lowest BCUT2D eigenvalue weighted by Gasteiger charge is -2.25. The van der Waals surface area contributed by atoms with Crippen molar-refractivity contribution in [2.24, 2.45) is 0 Å². The van der Waals surface area contributed by atoms with Gasteiger partial charge in [0.25, 0.3) is 0 Å². The van der Waals surface area contributed by atoms with E-state index in [4.69, 9.17) is 17.3 Å². The van der Waals surface area contributed by atoms with Crippen LogP contribution < -0.4 is 4.90 Å². The van der Waals surface area contributed by atoms with Gasteiger partial charge in [0.1, 0.15) is 6.54 Å². The zero-order valence-electron chi connectivity index (χ0n) is 15.1. The van der Waals surface area contributed by atoms with Crippen molar-refractivity contribution in [3.8, 4) is 11.4 Å². The maximum absolute atomic E-state index is 5.76. The molecule has 0 aliphatic carbocycles. The molecule has 3 heterocycles. The fourth-order valence-corrected chi connectivity index (χ4v) is 3.96. The first kappa shape index (κ1) is 17.1. The topological polar surface area (TPSA) is 40.1 Å². The summed E-state index contributed by atoms with van der Waals surface area (Å²) in [6.07, 6.45) is 5.76. The molecule has 2 aromatic heterocycles. The van der Waals surface area contributed by atoms with Crippen LogP contribution in [0.15, 0.2) is 48.8 Å². The first-order valence-electron chi connectivity index (χ1n) is 9.24. The van der Waals surface area contributed by atoms with Crippen molar-refractivity contribution in [3.05, 3.63) is 64.7 Å². The Morgan fingerprint density at radius 3 is 2.65 bits per heavy atom. The average Bonchev–Trinajstić information content (AvgIpc) is 2.99. The molecule has 1 aliphatic rings. The molecule has 1 N–H and O–H groups in total. The second-order valence-electron chi connectivity index (χ2n) is 6.85. The summed E-state index contributed by atoms with van der Waals surface area (Å²) < 4.78 is 4.97. The highest BCUT2D eigenvalue weighted by Gasteiger charge is 2.21. The molecule has 0 bridgehead atoms. The van der Waals surface area contributed by atoms with Gasteiger partial charge in [0, 0.05) is 36.5 Å². The van der Waals surface area contributed by atoms with Crippen molar-refractivity contribution >= 4 is 12.2 Å². The molecule has 134 valence electrons. The number of nitrogens with zero attached hydrogens (tertiary/aromatic N) is 4. The molecule has 4 rings (SSSR count). The van der Waals surface area contributed by atoms with Gasteiger partial charge in [0.15, 0.2) is 12.5 Å². The smallest absolute Gasteiger partial charge is 0.203 e. The lowest BCUT2D eigenvalue weighted by atomic mass is 10.0. The Bertz CT molecular complexity index is 944. The van der Waals surface area contributed by atoms with Gasteiger partial charge in [-0.3, -0.25) is 9.55 Å². The van der Waals surface area contributed by atoms with Crippen LogP contribution in [0.1, 0.15) is 24.5 Å². The zero-order chi connectivity index (χ0) is 17.9. The molecule has 0 amide bonds. The van der Waals surface area contributed by atoms with E-state index in [1.54, 1.807) is 12.4 Å². The summed E-state index contributed by atoms with van der Waals surface area (Å²) in [4.78, 5) is 5.62. The van der Waals surface area contributed by atoms with Crippen LogP contribution in [0.3, 0.4) is 0 Å². The molecule has 1 aliphatic heterocycles. The number of benzene rings is 1. The third kappa shape index (κ3) is 3.34. The van der Waals surface area contributed by atoms with E-state index < -0.39 is 0 Å². The Balaban J connectivity index is 1.62. The summed E-state index contributed by atoms with van der Waals surface area (Å²) >= 11 is 5.76. The molecular weight excluding hydrogens is 342 g/mol. The molecule has 0 fully saturated rings. The third-order valence-corrected chi connectivity index (χ3v) is 5.42. The Morgan fingerprint density at radius 1 is 1.12 bits per heavy atom. The van der Waals surface area contributed by atoms with Gasteiger partial charge in [-0.05, 0) is 36.3 Å². The van der Waals surface area contributed by atoms with Crippen LogP contribution in [0, 0.1) is 4.77 Å². The summed E-state index contributed by atoms with van der Waals surface area (Å²) in [6, 6.07) is 12.7. The Morgan fingerprint density at radius 2 is 1.88 bits per heavy atom. The van der Waals surface area contributed by atoms with E-state index in [1.807, 2.05) is 16.8 Å². The second-order valence-corrected chi connectivity index (χ2v) is 7.21. The SMILES string of the molecule is CCCn1c(-c2ccncc2)nn(C[NH+]2CCc3ccccc3C2)c1=S. The van der Waals surface area contributed by atoms with E-state index in [0.29, 0.717) is 0 Å². The normalized spacial score (nSPS) is 16.4. The molecule has 3 aromatic rings. The zero-order valence-corrected chi connectivity index (χ0v) is 15.9. The molecule has 6 heteroatoms. The molecule has 0 saturated heterocycles. The number of aromatic nitrogens is 4. The number of rotatable bonds is 5. The van der Waals surface area contributed by atoms with E-state index >= 15 is 0 Å². The number of quaternary nitrogens is 1. The highest BCUT2D eigenvalue weighted by Crippen LogP contribution is 2.18. The maximum atomic E-state index is 5.76. The van der Waals surface area contributed by atoms with Crippen LogP contribution >= 0.6 is 12.2 Å². The van der Waals surface area contributed by atoms with E-state index in [0.717, 1.165) is 55.3 Å². The maximum Gasteiger partial charge on any atom is 0.203 e. The predicted molar refractivity (Wildman–Crippen MR) is 104 cm³/mol. The van der Waals surface area contributed by atoms with E-state index in [9.17, 15) is 0 Å². The van der Waals surface area contributed by atoms with Gasteiger partial charge in [-0.1, -0.05) is 31.2 Å². The van der Waals surface area contributed by atoms with Gasteiger partial charge >= 0.3 is 0 Å². The predicted octanol–water partition coefficient (Wildman–Crippen LogP) is 2.48. The fourth-order valence-electron chi connectivity index (χ4n) is 3.67. The number of hydrogen-bond donors (Lipinski definition) is 1. The molecular formula is C20H24N5S+. The monoisotopic (exact) mass is 366 g/mol. The largest absolute Gasteiger partial charge is 0.312 e. The lowest BCUT2D eigenvalue weighted by molar-refractivity contribution is -0.939. The molecule has 0 saturated carbocycles. The lowest BCUT2D eigenvalue weighted by Crippen LogP contribution is -3.11. The van der Waals surface area contributed by atoms with Gasteiger partial charge in [-0.2, -0.15) is 4.68 Å². The van der Waals surface area contributed by atoms with E-state index in [1.165, 1.54) is 16.0 Å². The minimum Gasteiger partial charge on any atom is -0.312 e. The molecule has 5 nitrogen and oxygen atoms in total. The molecule has 1 aromatic carbocycles. The van der Waals surface area contributed by atoms with Crippen LogP contribution in [-0.4, -0.2) is 25.9 Å². The standard InChI is InChI=1S/C20H23N5S/c1-2-12-24-19(17-7-10-21-11-8-17)22-25(20(24)26)15-23-13-9-16-5-3-4-6-18(16)14-23/h3-8,10-11H,2,9,12-15H2,1H3/p+1. The molecule has 1 atom stereocenters. The van der Waals surface area contributed by atoms with Gasteiger partial charge in [-0.25, -0.2) is 0 Å². The van der Waals surface area contributed by atoms with Gasteiger partial charge < -0.3 is 4.90 Å². The van der Waals surface area contributed by atoms with Crippen LogP contribution in [-0.2, 0) is 26.2 Å². The Kier molecular flexibility index (Phi) is 4.95. The van der Waals surface area contributed by atoms with Crippen LogP contribution in [0.5, 0.6) is 0 Å². The quantitative estimate of drug-likeness (QED) is 0.705. The highest BCUT2D eigenvalue weighted by atomic mass is 32.1. The molecule has 0 radical (unpaired) electrons. The summed E-state index contributed by atoms with van der Waals surface area (Å²) in [6.45, 7) is 6.01. The van der Waals surface area contributed by atoms with Crippen molar-refractivity contribution in [3.63, 3.8) is 0 Å². The van der Waals surface area contributed by atoms with Crippen molar-refractivity contribution < 1.29 is 4.90 Å². The van der Waals surface area contributed by atoms with Gasteiger partial charge in [0.05, 0.1) is 6.54 Å². The van der Waals surface area contributed by atoms with Gasteiger partial charge in [-0.15, -0.1) is 5.10 Å². The van der Waals surface area contributed by atoms with Crippen molar-refractivity contribution in [2.75, 3.05) is 6.54 Å². The Hall–Kier alpha value is -2.31. The summed E-state index contributed by atoms with van der Waals surface area (Å²) in [5.74, 6) is 0.941. The Labute approximate surface area is 158 Å². The first-order chi connectivity index (χ1) is 12.8. The molecule has 0 spiro atoms. The summed E-state index contributed by atoms with van der Waals surface area (Å²) in [5, 5.41) is 4.88. The van der Waals surface area contributed by atoms with Crippen LogP contribution in [0.2, 0.25) is 0 Å². The van der Waals surface area contributed by atoms with E-state index in [2.05, 4.69) is 40.7 Å². The minimum atomic E-state index is 0.808. The van der Waals surface area contributed by atoms with Crippen molar-refractivity contribution in [1.82, 2.24) is 19.3 Å². The average molecular weight is 367 g/mol. The van der Waals surface area contributed by atoms with Crippen molar-refractivity contribution in [2.45, 2.75) is 39.5 Å². The number of nitrogens with one attached hydrogen (secondary N) is 1. The number of fused-ring (bicyclic) bond motifs is 1. The van der Waals surface area contributed by atoms with Crippen LogP contribution in [0.25, 0.3) is 11.4 Å². The second kappa shape index (κ2) is 7.51. The molecule has 1 unspecified atom stereocenters. The number of hydrogen-bond acceptors (Lipinski definition) is 3. The third-order valence-electron chi connectivity index (χ3n) is 4.99. The van der Waals surface area contributed by atoms with Crippen molar-refractivity contribution in [1.29, 1.82) is 0 Å². The van der Waals surface area contributed by atoms with Gasteiger partial charge in [0.2, 0.25) is 4.77 Å². The first-order valence-corrected chi connectivity index (χ1v) is 9.65.